The number of urea groups is 1. The zero-order valence-corrected chi connectivity index (χ0v) is 14.6. The van der Waals surface area contributed by atoms with E-state index in [0.29, 0.717) is 19.8 Å². The van der Waals surface area contributed by atoms with Gasteiger partial charge in [0.2, 0.25) is 0 Å². The van der Waals surface area contributed by atoms with Crippen LogP contribution in [0.15, 0.2) is 65.8 Å². The van der Waals surface area contributed by atoms with Gasteiger partial charge in [-0.1, -0.05) is 12.1 Å². The largest absolute Gasteiger partial charge is 0.467 e. The lowest BCUT2D eigenvalue weighted by atomic mass is 10.2. The third-order valence-corrected chi connectivity index (χ3v) is 3.70. The SMILES string of the molecule is CC(Cn1ccnc1)NC(=O)Nc1cccc(COCc2ccco2)c1. The summed E-state index contributed by atoms with van der Waals surface area (Å²) in [5, 5.41) is 5.75. The predicted molar refractivity (Wildman–Crippen MR) is 97.5 cm³/mol. The number of nitrogens with zero attached hydrogens (tertiary/aromatic N) is 2. The Morgan fingerprint density at radius 2 is 2.23 bits per heavy atom. The molecule has 2 N–H and O–H groups in total. The molecule has 0 saturated heterocycles. The van der Waals surface area contributed by atoms with Gasteiger partial charge in [-0.15, -0.1) is 0 Å². The van der Waals surface area contributed by atoms with Crippen LogP contribution in [0.4, 0.5) is 10.5 Å². The van der Waals surface area contributed by atoms with E-state index in [1.54, 1.807) is 18.8 Å². The topological polar surface area (TPSA) is 81.3 Å². The molecule has 0 radical (unpaired) electrons. The van der Waals surface area contributed by atoms with E-state index in [1.165, 1.54) is 0 Å². The number of carbonyl (C=O) groups excluding carboxylic acids is 1. The van der Waals surface area contributed by atoms with Gasteiger partial charge in [0.05, 0.1) is 19.2 Å². The lowest BCUT2D eigenvalue weighted by molar-refractivity contribution is 0.0930. The molecule has 2 heterocycles. The Morgan fingerprint density at radius 3 is 3.00 bits per heavy atom. The number of furan rings is 1. The number of rotatable bonds is 8. The summed E-state index contributed by atoms with van der Waals surface area (Å²) in [7, 11) is 0. The number of anilines is 1. The Kier molecular flexibility index (Phi) is 6.05. The molecule has 0 bridgehead atoms. The molecule has 3 aromatic rings. The smallest absolute Gasteiger partial charge is 0.319 e. The minimum absolute atomic E-state index is 0.0241. The molecule has 3 rings (SSSR count). The normalized spacial score (nSPS) is 11.9. The van der Waals surface area contributed by atoms with Crippen molar-refractivity contribution in [1.82, 2.24) is 14.9 Å². The van der Waals surface area contributed by atoms with Gasteiger partial charge in [-0.05, 0) is 36.8 Å². The number of aromatic nitrogens is 2. The maximum Gasteiger partial charge on any atom is 0.319 e. The van der Waals surface area contributed by atoms with Gasteiger partial charge in [0, 0.05) is 30.7 Å². The van der Waals surface area contributed by atoms with Crippen molar-refractivity contribution in [3.8, 4) is 0 Å². The highest BCUT2D eigenvalue weighted by Crippen LogP contribution is 2.13. The number of carbonyl (C=O) groups is 1. The second kappa shape index (κ2) is 8.87. The van der Waals surface area contributed by atoms with Crippen LogP contribution < -0.4 is 10.6 Å². The fourth-order valence-corrected chi connectivity index (χ4v) is 2.55. The van der Waals surface area contributed by atoms with Gasteiger partial charge in [0.15, 0.2) is 0 Å². The fraction of sp³-hybridized carbons (Fsp3) is 0.263. The predicted octanol–water partition coefficient (Wildman–Crippen LogP) is 3.40. The summed E-state index contributed by atoms with van der Waals surface area (Å²) in [6.45, 7) is 3.46. The molecule has 0 spiro atoms. The quantitative estimate of drug-likeness (QED) is 0.650. The highest BCUT2D eigenvalue weighted by molar-refractivity contribution is 5.89. The summed E-state index contributed by atoms with van der Waals surface area (Å²) < 4.78 is 12.8. The van der Waals surface area contributed by atoms with E-state index < -0.39 is 0 Å². The molecule has 26 heavy (non-hydrogen) atoms. The third-order valence-electron chi connectivity index (χ3n) is 3.70. The van der Waals surface area contributed by atoms with Gasteiger partial charge >= 0.3 is 6.03 Å². The monoisotopic (exact) mass is 354 g/mol. The van der Waals surface area contributed by atoms with Crippen LogP contribution in [0.3, 0.4) is 0 Å². The second-order valence-electron chi connectivity index (χ2n) is 6.03. The number of nitrogens with one attached hydrogen (secondary N) is 2. The highest BCUT2D eigenvalue weighted by Gasteiger charge is 2.08. The molecule has 2 aromatic heterocycles. The van der Waals surface area contributed by atoms with Crippen LogP contribution in [0.25, 0.3) is 0 Å². The zero-order valence-electron chi connectivity index (χ0n) is 14.6. The summed E-state index contributed by atoms with van der Waals surface area (Å²) in [5.74, 6) is 0.783. The molecule has 0 aliphatic heterocycles. The first-order valence-corrected chi connectivity index (χ1v) is 8.41. The number of hydrogen-bond donors (Lipinski definition) is 2. The van der Waals surface area contributed by atoms with Crippen LogP contribution in [-0.2, 0) is 24.5 Å². The molecule has 0 fully saturated rings. The van der Waals surface area contributed by atoms with E-state index >= 15 is 0 Å². The maximum absolute atomic E-state index is 12.1. The Hall–Kier alpha value is -3.06. The average molecular weight is 354 g/mol. The van der Waals surface area contributed by atoms with E-state index in [0.717, 1.165) is 17.0 Å². The van der Waals surface area contributed by atoms with Gasteiger partial charge in [0.25, 0.3) is 0 Å². The number of imidazole rings is 1. The number of benzene rings is 1. The Morgan fingerprint density at radius 1 is 1.31 bits per heavy atom. The molecule has 0 aliphatic rings. The van der Waals surface area contributed by atoms with Crippen molar-refractivity contribution < 1.29 is 13.9 Å². The van der Waals surface area contributed by atoms with Crippen molar-refractivity contribution in [2.45, 2.75) is 32.7 Å². The molecule has 0 saturated carbocycles. The molecular formula is C19H22N4O3. The van der Waals surface area contributed by atoms with Crippen LogP contribution in [0.5, 0.6) is 0 Å². The van der Waals surface area contributed by atoms with Crippen molar-refractivity contribution in [3.05, 3.63) is 72.7 Å². The van der Waals surface area contributed by atoms with E-state index in [4.69, 9.17) is 9.15 Å². The van der Waals surface area contributed by atoms with Crippen LogP contribution in [0.1, 0.15) is 18.2 Å². The van der Waals surface area contributed by atoms with Gasteiger partial charge < -0.3 is 24.4 Å². The van der Waals surface area contributed by atoms with Crippen molar-refractivity contribution in [2.75, 3.05) is 5.32 Å². The molecule has 1 aromatic carbocycles. The number of hydrogen-bond acceptors (Lipinski definition) is 4. The summed E-state index contributed by atoms with van der Waals surface area (Å²) in [4.78, 5) is 16.1. The molecule has 7 nitrogen and oxygen atoms in total. The first-order chi connectivity index (χ1) is 12.7. The molecule has 1 atom stereocenters. The standard InChI is InChI=1S/C19H22N4O3/c1-15(11-23-8-7-20-14-23)21-19(24)22-17-5-2-4-16(10-17)12-25-13-18-6-3-9-26-18/h2-10,14-15H,11-13H2,1H3,(H2,21,22,24). The van der Waals surface area contributed by atoms with Gasteiger partial charge in [-0.2, -0.15) is 0 Å². The zero-order chi connectivity index (χ0) is 18.2. The van der Waals surface area contributed by atoms with E-state index in [1.807, 2.05) is 54.1 Å². The van der Waals surface area contributed by atoms with E-state index in [-0.39, 0.29) is 12.1 Å². The molecule has 136 valence electrons. The lowest BCUT2D eigenvalue weighted by Crippen LogP contribution is -2.38. The Labute approximate surface area is 152 Å². The summed E-state index contributed by atoms with van der Waals surface area (Å²) in [6.07, 6.45) is 6.92. The van der Waals surface area contributed by atoms with Crippen molar-refractivity contribution in [3.63, 3.8) is 0 Å². The molecule has 0 aliphatic carbocycles. The minimum atomic E-state index is -0.244. The molecule has 1 unspecified atom stereocenters. The highest BCUT2D eigenvalue weighted by atomic mass is 16.5. The molecule has 2 amide bonds. The fourth-order valence-electron chi connectivity index (χ4n) is 2.55. The van der Waals surface area contributed by atoms with Crippen LogP contribution >= 0.6 is 0 Å². The minimum Gasteiger partial charge on any atom is -0.467 e. The maximum atomic E-state index is 12.1. The van der Waals surface area contributed by atoms with Crippen LogP contribution in [0, 0.1) is 0 Å². The second-order valence-corrected chi connectivity index (χ2v) is 6.03. The third kappa shape index (κ3) is 5.49. The van der Waals surface area contributed by atoms with Gasteiger partial charge in [0.1, 0.15) is 12.4 Å². The first kappa shape index (κ1) is 17.8. The van der Waals surface area contributed by atoms with Crippen LogP contribution in [-0.4, -0.2) is 21.6 Å². The van der Waals surface area contributed by atoms with Gasteiger partial charge in [-0.3, -0.25) is 0 Å². The first-order valence-electron chi connectivity index (χ1n) is 8.41. The van der Waals surface area contributed by atoms with Crippen molar-refractivity contribution >= 4 is 11.7 Å². The van der Waals surface area contributed by atoms with E-state index in [2.05, 4.69) is 15.6 Å². The summed E-state index contributed by atoms with van der Waals surface area (Å²) in [6, 6.07) is 11.0. The number of ether oxygens (including phenoxy) is 1. The lowest BCUT2D eigenvalue weighted by Gasteiger charge is -2.15. The van der Waals surface area contributed by atoms with Gasteiger partial charge in [-0.25, -0.2) is 9.78 Å². The summed E-state index contributed by atoms with van der Waals surface area (Å²) in [5.41, 5.74) is 1.69. The summed E-state index contributed by atoms with van der Waals surface area (Å²) >= 11 is 0. The molecule has 7 heteroatoms. The van der Waals surface area contributed by atoms with Crippen LogP contribution in [0.2, 0.25) is 0 Å². The van der Waals surface area contributed by atoms with E-state index in [9.17, 15) is 4.79 Å². The van der Waals surface area contributed by atoms with Crippen molar-refractivity contribution in [1.29, 1.82) is 0 Å². The Bertz CT molecular complexity index is 800. The number of amides is 2. The molecular weight excluding hydrogens is 332 g/mol. The average Bonchev–Trinajstić information content (AvgIpc) is 3.29. The van der Waals surface area contributed by atoms with Crippen molar-refractivity contribution in [2.24, 2.45) is 0 Å². The Balaban J connectivity index is 1.45.